The number of carbonyl (C=O) groups excluding carboxylic acids is 1. The van der Waals surface area contributed by atoms with Gasteiger partial charge in [-0.2, -0.15) is 0 Å². The second-order valence-corrected chi connectivity index (χ2v) is 13.5. The average molecular weight is 591 g/mol. The molecule has 0 aliphatic heterocycles. The van der Waals surface area contributed by atoms with Gasteiger partial charge in [0.1, 0.15) is 6.10 Å². The molecule has 8 nitrogen and oxygen atoms in total. The number of carbonyl (C=O) groups is 1. The minimum Gasteiger partial charge on any atom is -0.458 e. The van der Waals surface area contributed by atoms with Crippen molar-refractivity contribution in [2.24, 2.45) is 35.0 Å². The van der Waals surface area contributed by atoms with E-state index in [0.717, 1.165) is 35.8 Å². The SMILES string of the molecule is C=C1CC[C@H](OC(=O)c2cc([N+](=O)[O-])cc([N+](=O)[O-])c2)C/C1=C\C=C1/CCC[C@]2(C)[C@@H]([C@H](C)/C=C/[C@H](C)C(C)C)CC[C@@H]12. The van der Waals surface area contributed by atoms with Crippen molar-refractivity contribution in [1.82, 2.24) is 0 Å². The van der Waals surface area contributed by atoms with Gasteiger partial charge < -0.3 is 4.74 Å². The van der Waals surface area contributed by atoms with Crippen LogP contribution in [0, 0.1) is 55.2 Å². The van der Waals surface area contributed by atoms with E-state index < -0.39 is 33.3 Å². The molecule has 0 heterocycles. The van der Waals surface area contributed by atoms with Crippen LogP contribution < -0.4 is 0 Å². The maximum absolute atomic E-state index is 12.9. The highest BCUT2D eigenvalue weighted by Gasteiger charge is 2.50. The molecule has 8 heteroatoms. The van der Waals surface area contributed by atoms with Gasteiger partial charge in [-0.25, -0.2) is 4.79 Å². The van der Waals surface area contributed by atoms with Crippen molar-refractivity contribution < 1.29 is 19.4 Å². The first-order chi connectivity index (χ1) is 20.3. The van der Waals surface area contributed by atoms with Crippen LogP contribution in [-0.4, -0.2) is 21.9 Å². The van der Waals surface area contributed by atoms with Crippen molar-refractivity contribution in [2.45, 2.75) is 92.1 Å². The highest BCUT2D eigenvalue weighted by molar-refractivity contribution is 5.91. The third kappa shape index (κ3) is 7.34. The highest BCUT2D eigenvalue weighted by Crippen LogP contribution is 2.59. The first-order valence-electron chi connectivity index (χ1n) is 15.7. The van der Waals surface area contributed by atoms with E-state index in [1.807, 2.05) is 0 Å². The number of non-ortho nitro benzene ring substituents is 2. The number of nitro benzene ring substituents is 2. The van der Waals surface area contributed by atoms with Crippen LogP contribution in [0.15, 0.2) is 65.8 Å². The Hall–Kier alpha value is -3.55. The number of ether oxygens (including phenoxy) is 1. The van der Waals surface area contributed by atoms with Crippen LogP contribution in [-0.2, 0) is 4.74 Å². The minimum absolute atomic E-state index is 0.196. The molecule has 3 fully saturated rings. The van der Waals surface area contributed by atoms with E-state index in [2.05, 4.69) is 65.5 Å². The number of hydrogen-bond donors (Lipinski definition) is 0. The Morgan fingerprint density at radius 3 is 2.30 bits per heavy atom. The summed E-state index contributed by atoms with van der Waals surface area (Å²) in [5.41, 5.74) is 2.63. The molecule has 6 atom stereocenters. The fourth-order valence-corrected chi connectivity index (χ4v) is 7.47. The molecule has 0 spiro atoms. The number of nitrogens with zero attached hydrogens (tertiary/aromatic N) is 2. The van der Waals surface area contributed by atoms with Crippen LogP contribution in [0.1, 0.15) is 96.3 Å². The number of esters is 1. The first kappa shape index (κ1) is 32.4. The molecule has 0 saturated heterocycles. The summed E-state index contributed by atoms with van der Waals surface area (Å²) in [4.78, 5) is 33.9. The van der Waals surface area contributed by atoms with E-state index in [9.17, 15) is 25.0 Å². The van der Waals surface area contributed by atoms with Crippen LogP contribution in [0.5, 0.6) is 0 Å². The fraction of sp³-hybridized carbons (Fsp3) is 0.571. The number of nitro groups is 2. The van der Waals surface area contributed by atoms with Gasteiger partial charge >= 0.3 is 5.97 Å². The lowest BCUT2D eigenvalue weighted by molar-refractivity contribution is -0.394. The van der Waals surface area contributed by atoms with Crippen LogP contribution in [0.4, 0.5) is 11.4 Å². The molecule has 0 amide bonds. The zero-order chi connectivity index (χ0) is 31.5. The molecule has 1 aromatic carbocycles. The minimum atomic E-state index is -0.798. The van der Waals surface area contributed by atoms with E-state index in [1.165, 1.54) is 31.3 Å². The normalized spacial score (nSPS) is 29.2. The van der Waals surface area contributed by atoms with E-state index >= 15 is 0 Å². The van der Waals surface area contributed by atoms with Gasteiger partial charge in [0.2, 0.25) is 0 Å². The Kier molecular flexibility index (Phi) is 10.1. The Morgan fingerprint density at radius 1 is 1.00 bits per heavy atom. The summed E-state index contributed by atoms with van der Waals surface area (Å²) < 4.78 is 5.70. The average Bonchev–Trinajstić information content (AvgIpc) is 3.33. The van der Waals surface area contributed by atoms with Crippen LogP contribution in [0.2, 0.25) is 0 Å². The Morgan fingerprint density at radius 2 is 1.67 bits per heavy atom. The van der Waals surface area contributed by atoms with Gasteiger partial charge in [-0.1, -0.05) is 76.6 Å². The van der Waals surface area contributed by atoms with Crippen molar-refractivity contribution >= 4 is 17.3 Å². The lowest BCUT2D eigenvalue weighted by Gasteiger charge is -2.44. The standard InChI is InChI=1S/C35H46N2O6/c1-22(2)23(3)9-10-25(5)32-15-16-33-26(8-7-17-35(32,33)6)12-13-27-20-31(14-11-24(27)4)43-34(38)28-18-29(36(39)40)21-30(19-28)37(41)42/h9-10,12-13,18-19,21-23,25,31-33H,4,7-8,11,14-17,20H2,1-3,5-6H3/b10-9+,26-12+,27-13+/t23-,25+,31-,32+,33-,35+/m0/s1. The van der Waals surface area contributed by atoms with Gasteiger partial charge in [-0.05, 0) is 85.5 Å². The zero-order valence-electron chi connectivity index (χ0n) is 26.2. The van der Waals surface area contributed by atoms with Crippen LogP contribution >= 0.6 is 0 Å². The van der Waals surface area contributed by atoms with Gasteiger partial charge in [-0.15, -0.1) is 0 Å². The molecule has 232 valence electrons. The van der Waals surface area contributed by atoms with Crippen molar-refractivity contribution in [3.63, 3.8) is 0 Å². The van der Waals surface area contributed by atoms with Gasteiger partial charge in [0.25, 0.3) is 11.4 Å². The molecule has 0 N–H and O–H groups in total. The summed E-state index contributed by atoms with van der Waals surface area (Å²) in [6.45, 7) is 16.0. The molecule has 1 aromatic rings. The van der Waals surface area contributed by atoms with Crippen molar-refractivity contribution in [2.75, 3.05) is 0 Å². The summed E-state index contributed by atoms with van der Waals surface area (Å²) in [5.74, 6) is 2.21. The molecule has 0 radical (unpaired) electrons. The molecule has 3 saturated carbocycles. The molecule has 43 heavy (non-hydrogen) atoms. The van der Waals surface area contributed by atoms with Crippen molar-refractivity contribution in [1.29, 1.82) is 0 Å². The molecule has 3 aliphatic rings. The fourth-order valence-electron chi connectivity index (χ4n) is 7.47. The number of rotatable bonds is 9. The van der Waals surface area contributed by atoms with E-state index in [-0.39, 0.29) is 11.0 Å². The molecular weight excluding hydrogens is 544 g/mol. The van der Waals surface area contributed by atoms with E-state index in [0.29, 0.717) is 48.9 Å². The van der Waals surface area contributed by atoms with Crippen molar-refractivity contribution in [3.8, 4) is 0 Å². The van der Waals surface area contributed by atoms with E-state index in [1.54, 1.807) is 0 Å². The van der Waals surface area contributed by atoms with Crippen LogP contribution in [0.25, 0.3) is 0 Å². The maximum atomic E-state index is 12.9. The summed E-state index contributed by atoms with van der Waals surface area (Å²) >= 11 is 0. The smallest absolute Gasteiger partial charge is 0.338 e. The number of allylic oxidation sites excluding steroid dienone is 6. The molecule has 3 aliphatic carbocycles. The van der Waals surface area contributed by atoms with Crippen molar-refractivity contribution in [3.05, 3.63) is 91.6 Å². The monoisotopic (exact) mass is 590 g/mol. The summed E-state index contributed by atoms with van der Waals surface area (Å²) in [5, 5.41) is 22.5. The van der Waals surface area contributed by atoms with Gasteiger partial charge in [0, 0.05) is 18.6 Å². The summed E-state index contributed by atoms with van der Waals surface area (Å²) in [6, 6.07) is 2.88. The van der Waals surface area contributed by atoms with Gasteiger partial charge in [0.15, 0.2) is 0 Å². The predicted octanol–water partition coefficient (Wildman–Crippen LogP) is 9.32. The maximum Gasteiger partial charge on any atom is 0.338 e. The van der Waals surface area contributed by atoms with Crippen LogP contribution in [0.3, 0.4) is 0 Å². The van der Waals surface area contributed by atoms with Gasteiger partial charge in [0.05, 0.1) is 21.5 Å². The number of benzene rings is 1. The predicted molar refractivity (Wildman–Crippen MR) is 169 cm³/mol. The Balaban J connectivity index is 1.47. The quantitative estimate of drug-likeness (QED) is 0.123. The highest BCUT2D eigenvalue weighted by atomic mass is 16.6. The lowest BCUT2D eigenvalue weighted by Crippen LogP contribution is -2.35. The zero-order valence-corrected chi connectivity index (χ0v) is 26.2. The Bertz CT molecular complexity index is 1330. The summed E-state index contributed by atoms with van der Waals surface area (Å²) in [7, 11) is 0. The van der Waals surface area contributed by atoms with Gasteiger partial charge in [-0.3, -0.25) is 20.2 Å². The lowest BCUT2D eigenvalue weighted by atomic mass is 9.61. The third-order valence-electron chi connectivity index (χ3n) is 10.4. The third-order valence-corrected chi connectivity index (χ3v) is 10.4. The van der Waals surface area contributed by atoms with E-state index in [4.69, 9.17) is 4.74 Å². The second kappa shape index (κ2) is 13.4. The summed E-state index contributed by atoms with van der Waals surface area (Å²) in [6.07, 6.45) is 16.6. The number of hydrogen-bond acceptors (Lipinski definition) is 6. The Labute approximate surface area is 255 Å². The number of fused-ring (bicyclic) bond motifs is 1. The largest absolute Gasteiger partial charge is 0.458 e. The topological polar surface area (TPSA) is 113 Å². The molecular formula is C35H46N2O6. The molecule has 4 rings (SSSR count). The molecule has 0 aromatic heterocycles. The first-order valence-corrected chi connectivity index (χ1v) is 15.7. The molecule has 0 bridgehead atoms. The molecule has 0 unspecified atom stereocenters. The second-order valence-electron chi connectivity index (χ2n) is 13.5.